The van der Waals surface area contributed by atoms with Crippen molar-refractivity contribution in [3.8, 4) is 0 Å². The molecule has 0 N–H and O–H groups in total. The maximum Gasteiger partial charge on any atom is 0.305 e. The van der Waals surface area contributed by atoms with E-state index in [0.717, 1.165) is 19.3 Å². The van der Waals surface area contributed by atoms with Gasteiger partial charge in [0.15, 0.2) is 0 Å². The lowest BCUT2D eigenvalue weighted by atomic mass is 10.0. The largest absolute Gasteiger partial charge is 0.466 e. The summed E-state index contributed by atoms with van der Waals surface area (Å²) in [6, 6.07) is 0. The Morgan fingerprint density at radius 3 is 1.85 bits per heavy atom. The summed E-state index contributed by atoms with van der Waals surface area (Å²) in [6.45, 7) is 4.61. The maximum absolute atomic E-state index is 11.2. The van der Waals surface area contributed by atoms with Crippen LogP contribution in [0.4, 0.5) is 0 Å². The van der Waals surface area contributed by atoms with Crippen LogP contribution in [0.15, 0.2) is 0 Å². The lowest BCUT2D eigenvalue weighted by Crippen LogP contribution is -2.03. The van der Waals surface area contributed by atoms with Crippen LogP contribution in [0.2, 0.25) is 0 Å². The second-order valence-corrected chi connectivity index (χ2v) is 7.98. The second-order valence-electron chi connectivity index (χ2n) is 7.98. The minimum atomic E-state index is -0.0460. The summed E-state index contributed by atoms with van der Waals surface area (Å²) < 4.78 is 16.5. The number of carbonyl (C=O) groups excluding carboxylic acids is 1. The van der Waals surface area contributed by atoms with Gasteiger partial charge in [-0.15, -0.1) is 0 Å². The van der Waals surface area contributed by atoms with Gasteiger partial charge < -0.3 is 14.2 Å². The number of epoxide rings is 2. The van der Waals surface area contributed by atoms with Crippen LogP contribution in [0.5, 0.6) is 0 Å². The molecular formula is C22H40O4. The molecular weight excluding hydrogens is 328 g/mol. The van der Waals surface area contributed by atoms with E-state index in [4.69, 9.17) is 14.2 Å². The van der Waals surface area contributed by atoms with Crippen LogP contribution in [0.25, 0.3) is 0 Å². The highest BCUT2D eigenvalue weighted by molar-refractivity contribution is 5.69. The highest BCUT2D eigenvalue weighted by Crippen LogP contribution is 2.39. The molecule has 2 heterocycles. The minimum absolute atomic E-state index is 0.0460. The molecule has 0 unspecified atom stereocenters. The van der Waals surface area contributed by atoms with Crippen LogP contribution in [0.3, 0.4) is 0 Å². The number of carbonyl (C=O) groups is 1. The summed E-state index contributed by atoms with van der Waals surface area (Å²) >= 11 is 0. The van der Waals surface area contributed by atoms with Gasteiger partial charge in [0.25, 0.3) is 0 Å². The van der Waals surface area contributed by atoms with Gasteiger partial charge in [-0.2, -0.15) is 0 Å². The molecule has 4 nitrogen and oxygen atoms in total. The van der Waals surface area contributed by atoms with Gasteiger partial charge >= 0.3 is 5.97 Å². The van der Waals surface area contributed by atoms with Crippen molar-refractivity contribution in [3.05, 3.63) is 0 Å². The Labute approximate surface area is 160 Å². The average molecular weight is 369 g/mol. The molecule has 0 aromatic heterocycles. The number of rotatable bonds is 17. The molecule has 2 saturated heterocycles. The first kappa shape index (κ1) is 21.7. The standard InChI is InChI=1S/C22H40O4/c1-3-5-11-14-18-20(25-18)17-21-19(26-21)15-12-9-7-6-8-10-13-16-22(23)24-4-2/h18-21H,3-17H2,1-2H3/t18-,19+,20+,21+/m0/s1. The minimum Gasteiger partial charge on any atom is -0.466 e. The zero-order valence-electron chi connectivity index (χ0n) is 17.0. The molecule has 152 valence electrons. The molecule has 26 heavy (non-hydrogen) atoms. The molecule has 0 aromatic rings. The van der Waals surface area contributed by atoms with E-state index in [-0.39, 0.29) is 5.97 Å². The average Bonchev–Trinajstić information content (AvgIpc) is 3.53. The van der Waals surface area contributed by atoms with E-state index in [1.165, 1.54) is 64.2 Å². The Balaban J connectivity index is 1.31. The fourth-order valence-corrected chi connectivity index (χ4v) is 3.84. The molecule has 0 radical (unpaired) electrons. The van der Waals surface area contributed by atoms with Crippen molar-refractivity contribution in [1.82, 2.24) is 0 Å². The third kappa shape index (κ3) is 9.36. The Morgan fingerprint density at radius 1 is 0.731 bits per heavy atom. The fourth-order valence-electron chi connectivity index (χ4n) is 3.84. The van der Waals surface area contributed by atoms with Crippen LogP contribution >= 0.6 is 0 Å². The van der Waals surface area contributed by atoms with E-state index < -0.39 is 0 Å². The molecule has 2 aliphatic rings. The summed E-state index contributed by atoms with van der Waals surface area (Å²) in [6.07, 6.45) is 18.7. The summed E-state index contributed by atoms with van der Waals surface area (Å²) in [5, 5.41) is 0. The Bertz CT molecular complexity index is 384. The Morgan fingerprint density at radius 2 is 1.27 bits per heavy atom. The normalized spacial score (nSPS) is 26.7. The van der Waals surface area contributed by atoms with Gasteiger partial charge in [0.1, 0.15) is 0 Å². The van der Waals surface area contributed by atoms with Gasteiger partial charge in [-0.05, 0) is 26.2 Å². The molecule has 0 aliphatic carbocycles. The SMILES string of the molecule is CCCCC[C@@H]1O[C@@H]1C[C@H]1O[C@@H]1CCCCCCCCCC(=O)OCC. The fraction of sp³-hybridized carbons (Fsp3) is 0.955. The molecule has 0 bridgehead atoms. The Kier molecular flexibility index (Phi) is 10.6. The number of unbranched alkanes of at least 4 members (excludes halogenated alkanes) is 8. The first-order valence-corrected chi connectivity index (χ1v) is 11.2. The van der Waals surface area contributed by atoms with Crippen LogP contribution in [0.1, 0.15) is 104 Å². The molecule has 2 aliphatic heterocycles. The summed E-state index contributed by atoms with van der Waals surface area (Å²) in [7, 11) is 0. The third-order valence-corrected chi connectivity index (χ3v) is 5.61. The predicted molar refractivity (Wildman–Crippen MR) is 104 cm³/mol. The maximum atomic E-state index is 11.2. The van der Waals surface area contributed by atoms with E-state index in [0.29, 0.717) is 37.4 Å². The molecule has 0 amide bonds. The van der Waals surface area contributed by atoms with Crippen molar-refractivity contribution in [1.29, 1.82) is 0 Å². The summed E-state index contributed by atoms with van der Waals surface area (Å²) in [5.41, 5.74) is 0. The molecule has 2 rings (SSSR count). The number of esters is 1. The zero-order valence-corrected chi connectivity index (χ0v) is 17.0. The van der Waals surface area contributed by atoms with Crippen LogP contribution < -0.4 is 0 Å². The number of ether oxygens (including phenoxy) is 3. The van der Waals surface area contributed by atoms with Crippen LogP contribution in [-0.2, 0) is 19.0 Å². The smallest absolute Gasteiger partial charge is 0.305 e. The van der Waals surface area contributed by atoms with Gasteiger partial charge in [0.2, 0.25) is 0 Å². The zero-order chi connectivity index (χ0) is 18.6. The highest BCUT2D eigenvalue weighted by atomic mass is 16.6. The van der Waals surface area contributed by atoms with Crippen LogP contribution in [0, 0.1) is 0 Å². The lowest BCUT2D eigenvalue weighted by molar-refractivity contribution is -0.143. The molecule has 0 spiro atoms. The van der Waals surface area contributed by atoms with E-state index in [9.17, 15) is 4.79 Å². The highest BCUT2D eigenvalue weighted by Gasteiger charge is 2.47. The van der Waals surface area contributed by atoms with Crippen molar-refractivity contribution in [2.75, 3.05) is 6.61 Å². The van der Waals surface area contributed by atoms with Gasteiger partial charge in [-0.3, -0.25) is 4.79 Å². The van der Waals surface area contributed by atoms with E-state index in [2.05, 4.69) is 6.92 Å². The number of hydrogen-bond donors (Lipinski definition) is 0. The van der Waals surface area contributed by atoms with Crippen LogP contribution in [-0.4, -0.2) is 37.0 Å². The van der Waals surface area contributed by atoms with E-state index >= 15 is 0 Å². The first-order chi connectivity index (χ1) is 12.7. The van der Waals surface area contributed by atoms with E-state index in [1.807, 2.05) is 6.92 Å². The molecule has 2 fully saturated rings. The van der Waals surface area contributed by atoms with E-state index in [1.54, 1.807) is 0 Å². The quantitative estimate of drug-likeness (QED) is 0.191. The topological polar surface area (TPSA) is 51.4 Å². The predicted octanol–water partition coefficient (Wildman–Crippen LogP) is 5.57. The number of hydrogen-bond acceptors (Lipinski definition) is 4. The van der Waals surface area contributed by atoms with Crippen molar-refractivity contribution < 1.29 is 19.0 Å². The molecule has 0 saturated carbocycles. The van der Waals surface area contributed by atoms with Gasteiger partial charge in [-0.1, -0.05) is 64.7 Å². The van der Waals surface area contributed by atoms with Crippen molar-refractivity contribution in [2.24, 2.45) is 0 Å². The summed E-state index contributed by atoms with van der Waals surface area (Å²) in [5.74, 6) is -0.0460. The molecule has 4 heteroatoms. The van der Waals surface area contributed by atoms with Gasteiger partial charge in [-0.25, -0.2) is 0 Å². The Hall–Kier alpha value is -0.610. The first-order valence-electron chi connectivity index (χ1n) is 11.2. The van der Waals surface area contributed by atoms with Crippen molar-refractivity contribution in [3.63, 3.8) is 0 Å². The lowest BCUT2D eigenvalue weighted by Gasteiger charge is -2.02. The van der Waals surface area contributed by atoms with Crippen molar-refractivity contribution in [2.45, 2.75) is 128 Å². The molecule has 4 atom stereocenters. The molecule has 0 aromatic carbocycles. The van der Waals surface area contributed by atoms with Gasteiger partial charge in [0, 0.05) is 12.8 Å². The monoisotopic (exact) mass is 368 g/mol. The summed E-state index contributed by atoms with van der Waals surface area (Å²) in [4.78, 5) is 11.2. The third-order valence-electron chi connectivity index (χ3n) is 5.61. The van der Waals surface area contributed by atoms with Gasteiger partial charge in [0.05, 0.1) is 31.0 Å². The van der Waals surface area contributed by atoms with Crippen molar-refractivity contribution >= 4 is 5.97 Å². The second kappa shape index (κ2) is 12.7.